The summed E-state index contributed by atoms with van der Waals surface area (Å²) >= 11 is 0. The Kier molecular flexibility index (Phi) is 6.45. The van der Waals surface area contributed by atoms with E-state index in [9.17, 15) is 18.3 Å². The zero-order valence-corrected chi connectivity index (χ0v) is 20.6. The normalized spacial score (nSPS) is 14.9. The van der Waals surface area contributed by atoms with E-state index in [0.717, 1.165) is 34.0 Å². The standard InChI is InChI=1S/C27H27F3N6O/c1-26(2,37)21-17-31-25(32-23(21)27(28,29)30)36-14-12-35(13-15-36)24-20-11-7-6-10-19(20)22(33-34-24)16-18-8-4-3-5-9-18/h3-11,17,37H,12-16H2,1-2H3. The molecular formula is C27H27F3N6O. The van der Waals surface area contributed by atoms with E-state index in [0.29, 0.717) is 32.6 Å². The van der Waals surface area contributed by atoms with E-state index in [1.807, 2.05) is 42.5 Å². The number of fused-ring (bicyclic) bond motifs is 1. The third kappa shape index (κ3) is 5.20. The number of piperazine rings is 1. The molecule has 3 heterocycles. The maximum atomic E-state index is 13.7. The number of aliphatic hydroxyl groups is 1. The van der Waals surface area contributed by atoms with Crippen molar-refractivity contribution in [3.63, 3.8) is 0 Å². The van der Waals surface area contributed by atoms with Gasteiger partial charge in [-0.2, -0.15) is 18.3 Å². The molecule has 0 bridgehead atoms. The van der Waals surface area contributed by atoms with Gasteiger partial charge in [0.25, 0.3) is 0 Å². The number of hydrogen-bond acceptors (Lipinski definition) is 7. The summed E-state index contributed by atoms with van der Waals surface area (Å²) in [6.45, 7) is 4.46. The average Bonchev–Trinajstić information content (AvgIpc) is 2.88. The van der Waals surface area contributed by atoms with Crippen LogP contribution in [0.4, 0.5) is 24.9 Å². The predicted molar refractivity (Wildman–Crippen MR) is 135 cm³/mol. The summed E-state index contributed by atoms with van der Waals surface area (Å²) < 4.78 is 41.1. The Labute approximate surface area is 212 Å². The van der Waals surface area contributed by atoms with E-state index in [1.54, 1.807) is 4.90 Å². The van der Waals surface area contributed by atoms with E-state index in [2.05, 4.69) is 37.2 Å². The smallest absolute Gasteiger partial charge is 0.386 e. The van der Waals surface area contributed by atoms with Crippen LogP contribution in [0, 0.1) is 0 Å². The molecule has 1 saturated heterocycles. The fourth-order valence-corrected chi connectivity index (χ4v) is 4.61. The highest BCUT2D eigenvalue weighted by atomic mass is 19.4. The van der Waals surface area contributed by atoms with Crippen LogP contribution in [-0.4, -0.2) is 51.5 Å². The summed E-state index contributed by atoms with van der Waals surface area (Å²) in [6, 6.07) is 18.1. The number of nitrogens with zero attached hydrogens (tertiary/aromatic N) is 6. The van der Waals surface area contributed by atoms with Crippen molar-refractivity contribution < 1.29 is 18.3 Å². The van der Waals surface area contributed by atoms with Crippen molar-refractivity contribution in [1.82, 2.24) is 20.2 Å². The molecule has 10 heteroatoms. The molecule has 5 rings (SSSR count). The van der Waals surface area contributed by atoms with Gasteiger partial charge in [-0.3, -0.25) is 0 Å². The highest BCUT2D eigenvalue weighted by Gasteiger charge is 2.40. The van der Waals surface area contributed by atoms with Gasteiger partial charge in [-0.1, -0.05) is 54.6 Å². The molecular weight excluding hydrogens is 481 g/mol. The molecule has 0 spiro atoms. The second-order valence-electron chi connectivity index (χ2n) is 9.64. The fraction of sp³-hybridized carbons (Fsp3) is 0.333. The molecule has 37 heavy (non-hydrogen) atoms. The van der Waals surface area contributed by atoms with Crippen LogP contribution in [0.3, 0.4) is 0 Å². The maximum Gasteiger partial charge on any atom is 0.433 e. The molecule has 2 aromatic carbocycles. The Balaban J connectivity index is 1.38. The van der Waals surface area contributed by atoms with Crippen molar-refractivity contribution in [2.75, 3.05) is 36.0 Å². The number of hydrogen-bond donors (Lipinski definition) is 1. The minimum absolute atomic E-state index is 0.00544. The van der Waals surface area contributed by atoms with Gasteiger partial charge < -0.3 is 14.9 Å². The zero-order chi connectivity index (χ0) is 26.2. The number of halogens is 3. The van der Waals surface area contributed by atoms with Crippen LogP contribution in [0.15, 0.2) is 60.8 Å². The van der Waals surface area contributed by atoms with E-state index < -0.39 is 17.5 Å². The Morgan fingerprint density at radius 2 is 1.46 bits per heavy atom. The lowest BCUT2D eigenvalue weighted by Crippen LogP contribution is -2.47. The molecule has 2 aromatic heterocycles. The van der Waals surface area contributed by atoms with Gasteiger partial charge in [0.2, 0.25) is 5.95 Å². The van der Waals surface area contributed by atoms with Crippen molar-refractivity contribution in [3.05, 3.63) is 83.3 Å². The van der Waals surface area contributed by atoms with Crippen LogP contribution in [0.5, 0.6) is 0 Å². The van der Waals surface area contributed by atoms with Gasteiger partial charge in [-0.15, -0.1) is 5.10 Å². The summed E-state index contributed by atoms with van der Waals surface area (Å²) in [6.07, 6.45) is -2.96. The first-order valence-corrected chi connectivity index (χ1v) is 12.1. The average molecular weight is 509 g/mol. The van der Waals surface area contributed by atoms with Gasteiger partial charge in [0.05, 0.1) is 11.3 Å². The molecule has 0 saturated carbocycles. The summed E-state index contributed by atoms with van der Waals surface area (Å²) in [5.74, 6) is 0.746. The molecule has 0 radical (unpaired) electrons. The van der Waals surface area contributed by atoms with E-state index >= 15 is 0 Å². The highest BCUT2D eigenvalue weighted by molar-refractivity contribution is 5.93. The number of aromatic nitrogens is 4. The monoisotopic (exact) mass is 508 g/mol. The van der Waals surface area contributed by atoms with Gasteiger partial charge >= 0.3 is 6.18 Å². The molecule has 4 aromatic rings. The first-order valence-electron chi connectivity index (χ1n) is 12.1. The largest absolute Gasteiger partial charge is 0.433 e. The van der Waals surface area contributed by atoms with E-state index in [-0.39, 0.29) is 11.5 Å². The summed E-state index contributed by atoms with van der Waals surface area (Å²) in [5.41, 5.74) is -1.13. The van der Waals surface area contributed by atoms with Gasteiger partial charge in [0, 0.05) is 55.1 Å². The maximum absolute atomic E-state index is 13.7. The van der Waals surface area contributed by atoms with Crippen LogP contribution in [0.25, 0.3) is 10.8 Å². The van der Waals surface area contributed by atoms with Crippen molar-refractivity contribution in [2.45, 2.75) is 32.0 Å². The number of anilines is 2. The first-order chi connectivity index (χ1) is 17.6. The third-order valence-corrected chi connectivity index (χ3v) is 6.52. The van der Waals surface area contributed by atoms with E-state index in [4.69, 9.17) is 0 Å². The predicted octanol–water partition coefficient (Wildman–Crippen LogP) is 4.58. The first kappa shape index (κ1) is 24.9. The van der Waals surface area contributed by atoms with Crippen LogP contribution in [0.2, 0.25) is 0 Å². The molecule has 192 valence electrons. The molecule has 1 fully saturated rings. The van der Waals surface area contributed by atoms with Crippen LogP contribution in [0.1, 0.15) is 36.4 Å². The Bertz CT molecular complexity index is 1400. The number of alkyl halides is 3. The summed E-state index contributed by atoms with van der Waals surface area (Å²) in [5, 5.41) is 21.3. The summed E-state index contributed by atoms with van der Waals surface area (Å²) in [4.78, 5) is 11.8. The van der Waals surface area contributed by atoms with Crippen LogP contribution >= 0.6 is 0 Å². The molecule has 1 N–H and O–H groups in total. The topological polar surface area (TPSA) is 78.3 Å². The van der Waals surface area contributed by atoms with Gasteiger partial charge in [-0.05, 0) is 19.4 Å². The highest BCUT2D eigenvalue weighted by Crippen LogP contribution is 2.36. The minimum atomic E-state index is -4.70. The van der Waals surface area contributed by atoms with Crippen molar-refractivity contribution in [1.29, 1.82) is 0 Å². The molecule has 0 unspecified atom stereocenters. The second kappa shape index (κ2) is 9.59. The lowest BCUT2D eigenvalue weighted by atomic mass is 9.98. The van der Waals surface area contributed by atoms with Gasteiger partial charge in [0.1, 0.15) is 0 Å². The molecule has 0 aliphatic carbocycles. The minimum Gasteiger partial charge on any atom is -0.386 e. The zero-order valence-electron chi connectivity index (χ0n) is 20.6. The quantitative estimate of drug-likeness (QED) is 0.423. The molecule has 0 atom stereocenters. The molecule has 7 nitrogen and oxygen atoms in total. The molecule has 0 amide bonds. The van der Waals surface area contributed by atoms with Crippen LogP contribution in [-0.2, 0) is 18.2 Å². The van der Waals surface area contributed by atoms with E-state index in [1.165, 1.54) is 13.8 Å². The number of benzene rings is 2. The van der Waals surface area contributed by atoms with Gasteiger partial charge in [-0.25, -0.2) is 9.97 Å². The Morgan fingerprint density at radius 1 is 0.838 bits per heavy atom. The van der Waals surface area contributed by atoms with Crippen molar-refractivity contribution in [2.24, 2.45) is 0 Å². The Hall–Kier alpha value is -3.79. The van der Waals surface area contributed by atoms with Crippen LogP contribution < -0.4 is 9.80 Å². The molecule has 1 aliphatic heterocycles. The lowest BCUT2D eigenvalue weighted by Gasteiger charge is -2.36. The molecule has 1 aliphatic rings. The fourth-order valence-electron chi connectivity index (χ4n) is 4.61. The number of rotatable bonds is 5. The van der Waals surface area contributed by atoms with Crippen molar-refractivity contribution >= 4 is 22.5 Å². The lowest BCUT2D eigenvalue weighted by molar-refractivity contribution is -0.144. The van der Waals surface area contributed by atoms with Crippen molar-refractivity contribution in [3.8, 4) is 0 Å². The van der Waals surface area contributed by atoms with Gasteiger partial charge in [0.15, 0.2) is 11.5 Å². The summed E-state index contributed by atoms with van der Waals surface area (Å²) in [7, 11) is 0. The SMILES string of the molecule is CC(C)(O)c1cnc(N2CCN(c3nnc(Cc4ccccc4)c4ccccc34)CC2)nc1C(F)(F)F. The third-order valence-electron chi connectivity index (χ3n) is 6.52. The Morgan fingerprint density at radius 3 is 2.11 bits per heavy atom. The second-order valence-corrected chi connectivity index (χ2v) is 9.64.